The van der Waals surface area contributed by atoms with Gasteiger partial charge >= 0.3 is 0 Å². The number of methoxy groups -OCH3 is 1. The lowest BCUT2D eigenvalue weighted by atomic mass is 10.1. The minimum atomic E-state index is 0.0266. The van der Waals surface area contributed by atoms with Crippen LogP contribution in [0.15, 0.2) is 23.4 Å². The second-order valence-electron chi connectivity index (χ2n) is 4.64. The molecule has 20 heavy (non-hydrogen) atoms. The van der Waals surface area contributed by atoms with E-state index in [-0.39, 0.29) is 11.9 Å². The van der Waals surface area contributed by atoms with Crippen molar-refractivity contribution in [2.24, 2.45) is 10.9 Å². The van der Waals surface area contributed by atoms with E-state index in [0.717, 1.165) is 31.6 Å². The molecule has 2 rings (SSSR count). The summed E-state index contributed by atoms with van der Waals surface area (Å²) in [6.07, 6.45) is 2.11. The number of nitrogens with zero attached hydrogens (tertiary/aromatic N) is 1. The van der Waals surface area contributed by atoms with Gasteiger partial charge in [0.1, 0.15) is 5.75 Å². The van der Waals surface area contributed by atoms with Crippen LogP contribution < -0.4 is 10.5 Å². The summed E-state index contributed by atoms with van der Waals surface area (Å²) in [5, 5.41) is 11.7. The van der Waals surface area contributed by atoms with Gasteiger partial charge in [0.2, 0.25) is 0 Å². The minimum Gasteiger partial charge on any atom is -0.496 e. The maximum absolute atomic E-state index is 8.72. The van der Waals surface area contributed by atoms with Crippen molar-refractivity contribution in [3.05, 3.63) is 29.3 Å². The molecule has 0 bridgehead atoms. The van der Waals surface area contributed by atoms with Crippen LogP contribution in [-0.4, -0.2) is 37.5 Å². The number of rotatable bonds is 5. The van der Waals surface area contributed by atoms with Crippen LogP contribution in [0.2, 0.25) is 0 Å². The number of oxime groups is 1. The first-order valence-corrected chi connectivity index (χ1v) is 6.58. The van der Waals surface area contributed by atoms with Gasteiger partial charge in [-0.05, 0) is 30.5 Å². The van der Waals surface area contributed by atoms with E-state index in [0.29, 0.717) is 17.9 Å². The van der Waals surface area contributed by atoms with Crippen molar-refractivity contribution in [2.75, 3.05) is 20.3 Å². The molecule has 0 saturated carbocycles. The Morgan fingerprint density at radius 3 is 2.85 bits per heavy atom. The summed E-state index contributed by atoms with van der Waals surface area (Å²) in [6, 6.07) is 5.48. The molecule has 0 aliphatic carbocycles. The Morgan fingerprint density at radius 1 is 1.45 bits per heavy atom. The fourth-order valence-electron chi connectivity index (χ4n) is 2.15. The van der Waals surface area contributed by atoms with Crippen LogP contribution in [0.3, 0.4) is 0 Å². The molecule has 0 aromatic heterocycles. The smallest absolute Gasteiger partial charge is 0.173 e. The number of amidine groups is 1. The number of ether oxygens (including phenoxy) is 3. The van der Waals surface area contributed by atoms with Gasteiger partial charge in [-0.3, -0.25) is 0 Å². The van der Waals surface area contributed by atoms with Gasteiger partial charge < -0.3 is 25.2 Å². The van der Waals surface area contributed by atoms with Crippen LogP contribution in [0.25, 0.3) is 0 Å². The zero-order valence-electron chi connectivity index (χ0n) is 11.5. The topological polar surface area (TPSA) is 86.3 Å². The number of benzene rings is 1. The van der Waals surface area contributed by atoms with Crippen molar-refractivity contribution < 1.29 is 19.4 Å². The van der Waals surface area contributed by atoms with Crippen LogP contribution in [0.5, 0.6) is 5.75 Å². The highest BCUT2D eigenvalue weighted by Gasteiger charge is 2.15. The number of hydrogen-bond acceptors (Lipinski definition) is 5. The van der Waals surface area contributed by atoms with Gasteiger partial charge in [-0.25, -0.2) is 0 Å². The molecule has 0 atom stereocenters. The van der Waals surface area contributed by atoms with Crippen molar-refractivity contribution in [3.63, 3.8) is 0 Å². The van der Waals surface area contributed by atoms with Gasteiger partial charge in [0.05, 0.1) is 25.4 Å². The van der Waals surface area contributed by atoms with E-state index in [1.807, 2.05) is 12.1 Å². The van der Waals surface area contributed by atoms with Gasteiger partial charge in [0, 0.05) is 13.2 Å². The van der Waals surface area contributed by atoms with Crippen molar-refractivity contribution in [1.29, 1.82) is 0 Å². The fraction of sp³-hybridized carbons (Fsp3) is 0.500. The molecular formula is C14H20N2O4. The Kier molecular flexibility index (Phi) is 5.20. The lowest BCUT2D eigenvalue weighted by Crippen LogP contribution is -2.23. The summed E-state index contributed by atoms with van der Waals surface area (Å²) in [7, 11) is 1.55. The Labute approximate surface area is 118 Å². The molecule has 1 heterocycles. The van der Waals surface area contributed by atoms with Gasteiger partial charge in [0.25, 0.3) is 0 Å². The number of nitrogens with two attached hydrogens (primary N) is 1. The van der Waals surface area contributed by atoms with Gasteiger partial charge in [0.15, 0.2) is 5.84 Å². The second-order valence-corrected chi connectivity index (χ2v) is 4.64. The van der Waals surface area contributed by atoms with Crippen molar-refractivity contribution >= 4 is 5.84 Å². The van der Waals surface area contributed by atoms with Gasteiger partial charge in [-0.15, -0.1) is 0 Å². The third kappa shape index (κ3) is 3.61. The molecule has 0 spiro atoms. The molecule has 1 fully saturated rings. The fourth-order valence-corrected chi connectivity index (χ4v) is 2.15. The minimum absolute atomic E-state index is 0.0266. The molecule has 1 aliphatic heterocycles. The number of hydrogen-bond donors (Lipinski definition) is 2. The van der Waals surface area contributed by atoms with E-state index in [1.54, 1.807) is 13.2 Å². The van der Waals surface area contributed by atoms with Crippen molar-refractivity contribution in [1.82, 2.24) is 0 Å². The predicted octanol–water partition coefficient (Wildman–Crippen LogP) is 1.49. The quantitative estimate of drug-likeness (QED) is 0.369. The zero-order valence-corrected chi connectivity index (χ0v) is 11.5. The van der Waals surface area contributed by atoms with Crippen LogP contribution >= 0.6 is 0 Å². The summed E-state index contributed by atoms with van der Waals surface area (Å²) in [5.74, 6) is 0.590. The molecular weight excluding hydrogens is 260 g/mol. The Bertz CT molecular complexity index is 470. The molecule has 1 saturated heterocycles. The van der Waals surface area contributed by atoms with E-state index in [4.69, 9.17) is 25.2 Å². The molecule has 1 aliphatic rings. The molecule has 110 valence electrons. The molecule has 1 aromatic rings. The average molecular weight is 280 g/mol. The third-order valence-corrected chi connectivity index (χ3v) is 3.30. The van der Waals surface area contributed by atoms with Crippen LogP contribution in [0, 0.1) is 0 Å². The first-order valence-electron chi connectivity index (χ1n) is 6.58. The van der Waals surface area contributed by atoms with E-state index in [1.165, 1.54) is 0 Å². The monoisotopic (exact) mass is 280 g/mol. The Balaban J connectivity index is 2.01. The standard InChI is InChI=1S/C14H20N2O4/c1-18-13-8-10(2-3-12(13)14(15)16-17)9-20-11-4-6-19-7-5-11/h2-3,8,11,17H,4-7,9H2,1H3,(H2,15,16). The normalized spacial score (nSPS) is 17.1. The predicted molar refractivity (Wildman–Crippen MR) is 74.1 cm³/mol. The second kappa shape index (κ2) is 7.12. The molecule has 0 amide bonds. The van der Waals surface area contributed by atoms with Crippen LogP contribution in [0.4, 0.5) is 0 Å². The van der Waals surface area contributed by atoms with E-state index in [2.05, 4.69) is 5.16 Å². The van der Waals surface area contributed by atoms with E-state index < -0.39 is 0 Å². The lowest BCUT2D eigenvalue weighted by molar-refractivity contribution is -0.0391. The molecule has 3 N–H and O–H groups in total. The maximum Gasteiger partial charge on any atom is 0.173 e. The average Bonchev–Trinajstić information content (AvgIpc) is 2.52. The Morgan fingerprint density at radius 2 is 2.20 bits per heavy atom. The first-order chi connectivity index (χ1) is 9.74. The molecule has 6 nitrogen and oxygen atoms in total. The molecule has 0 radical (unpaired) electrons. The summed E-state index contributed by atoms with van der Waals surface area (Å²) in [4.78, 5) is 0. The van der Waals surface area contributed by atoms with Crippen molar-refractivity contribution in [3.8, 4) is 5.75 Å². The Hall–Kier alpha value is -1.79. The molecule has 1 aromatic carbocycles. The van der Waals surface area contributed by atoms with Crippen LogP contribution in [0.1, 0.15) is 24.0 Å². The van der Waals surface area contributed by atoms with Crippen molar-refractivity contribution in [2.45, 2.75) is 25.6 Å². The summed E-state index contributed by atoms with van der Waals surface area (Å²) >= 11 is 0. The highest BCUT2D eigenvalue weighted by Crippen LogP contribution is 2.21. The third-order valence-electron chi connectivity index (χ3n) is 3.30. The largest absolute Gasteiger partial charge is 0.496 e. The lowest BCUT2D eigenvalue weighted by Gasteiger charge is -2.22. The summed E-state index contributed by atoms with van der Waals surface area (Å²) < 4.78 is 16.4. The van der Waals surface area contributed by atoms with Gasteiger partial charge in [-0.2, -0.15) is 0 Å². The SMILES string of the molecule is COc1cc(COC2CCOCC2)ccc1/C(N)=N/O. The molecule has 0 unspecified atom stereocenters. The van der Waals surface area contributed by atoms with Gasteiger partial charge in [-0.1, -0.05) is 11.2 Å². The summed E-state index contributed by atoms with van der Waals surface area (Å²) in [5.41, 5.74) is 7.14. The highest BCUT2D eigenvalue weighted by atomic mass is 16.5. The molecule has 6 heteroatoms. The summed E-state index contributed by atoms with van der Waals surface area (Å²) in [6.45, 7) is 2.03. The zero-order chi connectivity index (χ0) is 14.4. The first kappa shape index (κ1) is 14.6. The van der Waals surface area contributed by atoms with Crippen LogP contribution in [-0.2, 0) is 16.1 Å². The highest BCUT2D eigenvalue weighted by molar-refractivity contribution is 5.99. The van der Waals surface area contributed by atoms with E-state index >= 15 is 0 Å². The maximum atomic E-state index is 8.72. The van der Waals surface area contributed by atoms with E-state index in [9.17, 15) is 0 Å².